The number of nitrogens with zero attached hydrogens (tertiary/aromatic N) is 4. The molecule has 2 aromatic rings. The predicted molar refractivity (Wildman–Crippen MR) is 73.7 cm³/mol. The van der Waals surface area contributed by atoms with E-state index in [4.69, 9.17) is 11.5 Å². The second-order valence-electron chi connectivity index (χ2n) is 4.14. The van der Waals surface area contributed by atoms with Crippen molar-refractivity contribution in [3.8, 4) is 0 Å². The lowest BCUT2D eigenvalue weighted by molar-refractivity contribution is -0.115. The van der Waals surface area contributed by atoms with Crippen molar-refractivity contribution in [2.45, 2.75) is 31.3 Å². The van der Waals surface area contributed by atoms with Crippen LogP contribution in [0.3, 0.4) is 0 Å². The van der Waals surface area contributed by atoms with Crippen LogP contribution in [-0.4, -0.2) is 31.2 Å². The van der Waals surface area contributed by atoms with Gasteiger partial charge >= 0.3 is 0 Å². The van der Waals surface area contributed by atoms with Crippen LogP contribution in [0.15, 0.2) is 11.2 Å². The topological polar surface area (TPSA) is 112 Å². The van der Waals surface area contributed by atoms with Gasteiger partial charge in [0.15, 0.2) is 10.8 Å². The minimum atomic E-state index is -0.409. The molecule has 102 valence electrons. The van der Waals surface area contributed by atoms with Crippen LogP contribution in [0.1, 0.15) is 25.5 Å². The van der Waals surface area contributed by atoms with Crippen molar-refractivity contribution in [3.05, 3.63) is 11.8 Å². The molecular formula is C11H16N6OS. The Morgan fingerprint density at radius 1 is 1.47 bits per heavy atom. The molecule has 2 rings (SSSR count). The third kappa shape index (κ3) is 3.14. The van der Waals surface area contributed by atoms with E-state index in [0.29, 0.717) is 16.8 Å². The normalized spacial score (nSPS) is 11.0. The number of hydrogen-bond donors (Lipinski definition) is 2. The van der Waals surface area contributed by atoms with Gasteiger partial charge in [-0.2, -0.15) is 0 Å². The minimum Gasteiger partial charge on any atom is -0.369 e. The molecule has 8 heteroatoms. The van der Waals surface area contributed by atoms with E-state index in [1.165, 1.54) is 11.8 Å². The van der Waals surface area contributed by atoms with Gasteiger partial charge in [-0.15, -0.1) is 10.2 Å². The summed E-state index contributed by atoms with van der Waals surface area (Å²) in [5.41, 5.74) is 12.6. The van der Waals surface area contributed by atoms with Gasteiger partial charge in [-0.05, 0) is 12.8 Å². The predicted octanol–water partition coefficient (Wildman–Crippen LogP) is 0.627. The molecule has 7 nitrogen and oxygen atoms in total. The quantitative estimate of drug-likeness (QED) is 0.750. The van der Waals surface area contributed by atoms with Crippen LogP contribution in [-0.2, 0) is 11.2 Å². The standard InChI is InChI=1S/C11H16N6OS/c1-2-3-4-7-5-9-15-16-11(19-6-8(12)18)17(9)10(13)14-7/h5H,2-4,6H2,1H3,(H2,12,18)(H2,13,14). The van der Waals surface area contributed by atoms with Crippen molar-refractivity contribution in [1.82, 2.24) is 19.6 Å². The lowest BCUT2D eigenvalue weighted by Gasteiger charge is -2.05. The highest BCUT2D eigenvalue weighted by Crippen LogP contribution is 2.20. The number of unbranched alkanes of at least 4 members (excludes halogenated alkanes) is 1. The molecule has 0 unspecified atom stereocenters. The molecule has 0 spiro atoms. The molecule has 0 aliphatic rings. The number of aromatic nitrogens is 4. The molecule has 0 saturated heterocycles. The third-order valence-electron chi connectivity index (χ3n) is 2.57. The number of fused-ring (bicyclic) bond motifs is 1. The molecule has 2 aromatic heterocycles. The van der Waals surface area contributed by atoms with Gasteiger partial charge in [0.2, 0.25) is 11.9 Å². The number of hydrogen-bond acceptors (Lipinski definition) is 6. The summed E-state index contributed by atoms with van der Waals surface area (Å²) in [5.74, 6) is 0.0612. The summed E-state index contributed by atoms with van der Waals surface area (Å²) in [6, 6.07) is 1.87. The first-order valence-corrected chi connectivity index (χ1v) is 7.02. The van der Waals surface area contributed by atoms with Crippen LogP contribution in [0.5, 0.6) is 0 Å². The lowest BCUT2D eigenvalue weighted by atomic mass is 10.2. The summed E-state index contributed by atoms with van der Waals surface area (Å²) in [7, 11) is 0. The van der Waals surface area contributed by atoms with Gasteiger partial charge in [-0.1, -0.05) is 25.1 Å². The number of nitrogens with two attached hydrogens (primary N) is 2. The summed E-state index contributed by atoms with van der Waals surface area (Å²) in [5, 5.41) is 8.57. The fourth-order valence-corrected chi connectivity index (χ4v) is 2.37. The second kappa shape index (κ2) is 5.87. The molecule has 0 aliphatic carbocycles. The summed E-state index contributed by atoms with van der Waals surface area (Å²) < 4.78 is 1.63. The fraction of sp³-hybridized carbons (Fsp3) is 0.455. The SMILES string of the molecule is CCCCc1cc2nnc(SCC(N)=O)n2c(N)n1. The van der Waals surface area contributed by atoms with Gasteiger partial charge < -0.3 is 11.5 Å². The van der Waals surface area contributed by atoms with E-state index in [0.717, 1.165) is 25.0 Å². The Balaban J connectivity index is 2.30. The summed E-state index contributed by atoms with van der Waals surface area (Å²) >= 11 is 1.20. The van der Waals surface area contributed by atoms with E-state index in [1.807, 2.05) is 6.07 Å². The molecule has 1 amide bonds. The Bertz CT molecular complexity index is 596. The van der Waals surface area contributed by atoms with E-state index < -0.39 is 5.91 Å². The van der Waals surface area contributed by atoms with Crippen LogP contribution in [0.4, 0.5) is 5.95 Å². The lowest BCUT2D eigenvalue weighted by Crippen LogP contribution is -2.13. The summed E-state index contributed by atoms with van der Waals surface area (Å²) in [6.07, 6.45) is 3.02. The maximum Gasteiger partial charge on any atom is 0.227 e. The van der Waals surface area contributed by atoms with Gasteiger partial charge in [-0.25, -0.2) is 9.38 Å². The Labute approximate surface area is 114 Å². The second-order valence-corrected chi connectivity index (χ2v) is 5.08. The Kier molecular flexibility index (Phi) is 4.20. The van der Waals surface area contributed by atoms with E-state index >= 15 is 0 Å². The maximum absolute atomic E-state index is 10.8. The van der Waals surface area contributed by atoms with Crippen molar-refractivity contribution < 1.29 is 4.79 Å². The van der Waals surface area contributed by atoms with Crippen LogP contribution in [0, 0.1) is 0 Å². The molecule has 4 N–H and O–H groups in total. The van der Waals surface area contributed by atoms with E-state index in [1.54, 1.807) is 4.40 Å². The Morgan fingerprint density at radius 2 is 2.26 bits per heavy atom. The van der Waals surface area contributed by atoms with Crippen molar-refractivity contribution in [3.63, 3.8) is 0 Å². The van der Waals surface area contributed by atoms with E-state index in [2.05, 4.69) is 22.1 Å². The number of rotatable bonds is 6. The molecule has 0 saturated carbocycles. The molecule has 0 fully saturated rings. The molecule has 0 aromatic carbocycles. The number of carbonyl (C=O) groups is 1. The van der Waals surface area contributed by atoms with Crippen LogP contribution >= 0.6 is 11.8 Å². The Hall–Kier alpha value is -1.83. The largest absolute Gasteiger partial charge is 0.369 e. The highest BCUT2D eigenvalue weighted by molar-refractivity contribution is 7.99. The van der Waals surface area contributed by atoms with Crippen molar-refractivity contribution in [2.75, 3.05) is 11.5 Å². The van der Waals surface area contributed by atoms with Crippen LogP contribution in [0.2, 0.25) is 0 Å². The van der Waals surface area contributed by atoms with Crippen LogP contribution in [0.25, 0.3) is 5.65 Å². The zero-order valence-corrected chi connectivity index (χ0v) is 11.5. The van der Waals surface area contributed by atoms with Gasteiger partial charge in [0.1, 0.15) is 0 Å². The monoisotopic (exact) mass is 280 g/mol. The minimum absolute atomic E-state index is 0.137. The maximum atomic E-state index is 10.8. The first-order valence-electron chi connectivity index (χ1n) is 6.03. The molecule has 19 heavy (non-hydrogen) atoms. The molecule has 2 heterocycles. The first-order chi connectivity index (χ1) is 9.11. The Morgan fingerprint density at radius 3 is 2.95 bits per heavy atom. The number of thioether (sulfide) groups is 1. The number of anilines is 1. The zero-order chi connectivity index (χ0) is 13.8. The highest BCUT2D eigenvalue weighted by atomic mass is 32.2. The fourth-order valence-electron chi connectivity index (χ4n) is 1.68. The average molecular weight is 280 g/mol. The number of primary amides is 1. The molecule has 0 bridgehead atoms. The number of nitrogen functional groups attached to an aromatic ring is 1. The molecule has 0 atom stereocenters. The van der Waals surface area contributed by atoms with E-state index in [-0.39, 0.29) is 5.75 Å². The van der Waals surface area contributed by atoms with E-state index in [9.17, 15) is 4.79 Å². The first kappa shape index (κ1) is 13.6. The summed E-state index contributed by atoms with van der Waals surface area (Å²) in [4.78, 5) is 15.1. The molecular weight excluding hydrogens is 264 g/mol. The zero-order valence-electron chi connectivity index (χ0n) is 10.7. The van der Waals surface area contributed by atoms with Gasteiger partial charge in [0.25, 0.3) is 0 Å². The van der Waals surface area contributed by atoms with Gasteiger partial charge in [-0.3, -0.25) is 4.79 Å². The highest BCUT2D eigenvalue weighted by Gasteiger charge is 2.12. The number of aryl methyl sites for hydroxylation is 1. The van der Waals surface area contributed by atoms with Crippen molar-refractivity contribution >= 4 is 29.3 Å². The number of amides is 1. The molecule has 0 radical (unpaired) electrons. The number of carbonyl (C=O) groups excluding carboxylic acids is 1. The van der Waals surface area contributed by atoms with Gasteiger partial charge in [0.05, 0.1) is 5.75 Å². The smallest absolute Gasteiger partial charge is 0.227 e. The molecule has 0 aliphatic heterocycles. The van der Waals surface area contributed by atoms with Crippen molar-refractivity contribution in [1.29, 1.82) is 0 Å². The van der Waals surface area contributed by atoms with Crippen LogP contribution < -0.4 is 11.5 Å². The van der Waals surface area contributed by atoms with Gasteiger partial charge in [0, 0.05) is 11.8 Å². The van der Waals surface area contributed by atoms with Crippen molar-refractivity contribution in [2.24, 2.45) is 5.73 Å². The summed E-state index contributed by atoms with van der Waals surface area (Å²) in [6.45, 7) is 2.12. The third-order valence-corrected chi connectivity index (χ3v) is 3.52. The average Bonchev–Trinajstić information content (AvgIpc) is 2.77.